The number of ether oxygens (including phenoxy) is 2. The quantitative estimate of drug-likeness (QED) is 0.607. The van der Waals surface area contributed by atoms with E-state index in [2.05, 4.69) is 0 Å². The van der Waals surface area contributed by atoms with Crippen LogP contribution in [0.15, 0.2) is 0 Å². The smallest absolute Gasteiger partial charge is 0.323 e. The molecule has 0 aliphatic heterocycles. The van der Waals surface area contributed by atoms with E-state index in [1.807, 2.05) is 6.92 Å². The summed E-state index contributed by atoms with van der Waals surface area (Å²) in [4.78, 5) is 24.2. The van der Waals surface area contributed by atoms with Crippen molar-refractivity contribution < 1.29 is 24.2 Å². The van der Waals surface area contributed by atoms with E-state index in [1.165, 1.54) is 0 Å². The fourth-order valence-electron chi connectivity index (χ4n) is 2.53. The minimum Gasteiger partial charge on any atom is -0.465 e. The number of hydrogen-bond acceptors (Lipinski definition) is 5. The van der Waals surface area contributed by atoms with Gasteiger partial charge in [-0.2, -0.15) is 0 Å². The first-order valence-corrected chi connectivity index (χ1v) is 6.37. The van der Waals surface area contributed by atoms with E-state index in [4.69, 9.17) is 9.47 Å². The summed E-state index contributed by atoms with van der Waals surface area (Å²) in [5.74, 6) is -1.34. The molecule has 1 fully saturated rings. The zero-order valence-electron chi connectivity index (χ0n) is 11.5. The maximum absolute atomic E-state index is 12.1. The first kappa shape index (κ1) is 15.0. The molecular weight excluding hydrogens is 236 g/mol. The van der Waals surface area contributed by atoms with Crippen LogP contribution in [-0.4, -0.2) is 35.9 Å². The van der Waals surface area contributed by atoms with Crippen LogP contribution in [0.5, 0.6) is 0 Å². The highest BCUT2D eigenvalue weighted by atomic mass is 16.6. The predicted molar refractivity (Wildman–Crippen MR) is 64.7 cm³/mol. The molecule has 1 aliphatic carbocycles. The second-order valence-electron chi connectivity index (χ2n) is 5.16. The number of carbonyl (C=O) groups excluding carboxylic acids is 2. The van der Waals surface area contributed by atoms with Gasteiger partial charge in [0.05, 0.1) is 18.8 Å². The highest BCUT2D eigenvalue weighted by Crippen LogP contribution is 2.49. The van der Waals surface area contributed by atoms with Crippen molar-refractivity contribution in [3.8, 4) is 0 Å². The molecule has 0 amide bonds. The van der Waals surface area contributed by atoms with Gasteiger partial charge in [-0.05, 0) is 33.1 Å². The Morgan fingerprint density at radius 2 is 1.67 bits per heavy atom. The first-order chi connectivity index (χ1) is 8.30. The van der Waals surface area contributed by atoms with Gasteiger partial charge in [0.1, 0.15) is 0 Å². The molecule has 0 bridgehead atoms. The van der Waals surface area contributed by atoms with Crippen LogP contribution in [0, 0.1) is 11.3 Å². The predicted octanol–water partition coefficient (Wildman–Crippen LogP) is 1.28. The van der Waals surface area contributed by atoms with Crippen LogP contribution >= 0.6 is 0 Å². The summed E-state index contributed by atoms with van der Waals surface area (Å²) in [6.07, 6.45) is 0.316. The van der Waals surface area contributed by atoms with Gasteiger partial charge in [0.2, 0.25) is 0 Å². The SMILES string of the molecule is CCOC(=O)C1(C(=O)OCC)C[C@@H](C)[C@@](C)(O)C1. The summed E-state index contributed by atoms with van der Waals surface area (Å²) in [6, 6.07) is 0. The van der Waals surface area contributed by atoms with Crippen LogP contribution < -0.4 is 0 Å². The Labute approximate surface area is 107 Å². The van der Waals surface area contributed by atoms with E-state index >= 15 is 0 Å². The van der Waals surface area contributed by atoms with E-state index < -0.39 is 23.0 Å². The number of hydrogen-bond donors (Lipinski definition) is 1. The topological polar surface area (TPSA) is 72.8 Å². The molecule has 104 valence electrons. The zero-order valence-corrected chi connectivity index (χ0v) is 11.5. The van der Waals surface area contributed by atoms with Gasteiger partial charge in [0.15, 0.2) is 5.41 Å². The third-order valence-corrected chi connectivity index (χ3v) is 3.71. The minimum atomic E-state index is -1.35. The Bertz CT molecular complexity index is 316. The molecule has 5 nitrogen and oxygen atoms in total. The maximum Gasteiger partial charge on any atom is 0.323 e. The fraction of sp³-hybridized carbons (Fsp3) is 0.846. The average molecular weight is 258 g/mol. The van der Waals surface area contributed by atoms with Crippen molar-refractivity contribution in [2.24, 2.45) is 11.3 Å². The molecular formula is C13H22O5. The fourth-order valence-corrected chi connectivity index (χ4v) is 2.53. The normalized spacial score (nSPS) is 29.9. The minimum absolute atomic E-state index is 0.0544. The molecule has 0 aromatic carbocycles. The number of esters is 2. The summed E-state index contributed by atoms with van der Waals surface area (Å²) in [5.41, 5.74) is -2.41. The van der Waals surface area contributed by atoms with Gasteiger partial charge < -0.3 is 14.6 Å². The van der Waals surface area contributed by atoms with E-state index in [0.717, 1.165) is 0 Å². The van der Waals surface area contributed by atoms with E-state index in [1.54, 1.807) is 20.8 Å². The lowest BCUT2D eigenvalue weighted by molar-refractivity contribution is -0.173. The van der Waals surface area contributed by atoms with Crippen LogP contribution in [0.1, 0.15) is 40.5 Å². The van der Waals surface area contributed by atoms with Gasteiger partial charge in [0, 0.05) is 6.42 Å². The highest BCUT2D eigenvalue weighted by Gasteiger charge is 2.60. The standard InChI is InChI=1S/C13H22O5/c1-5-17-10(14)13(11(15)18-6-2)7-9(3)12(4,16)8-13/h9,16H,5-8H2,1-4H3/t9-,12+/m1/s1. The molecule has 0 saturated heterocycles. The Morgan fingerprint density at radius 3 is 1.94 bits per heavy atom. The van der Waals surface area contributed by atoms with Gasteiger partial charge >= 0.3 is 11.9 Å². The Hall–Kier alpha value is -1.10. The van der Waals surface area contributed by atoms with Crippen LogP contribution in [0.2, 0.25) is 0 Å². The highest BCUT2D eigenvalue weighted by molar-refractivity contribution is 6.00. The lowest BCUT2D eigenvalue weighted by Gasteiger charge is -2.25. The van der Waals surface area contributed by atoms with Crippen molar-refractivity contribution in [3.63, 3.8) is 0 Å². The van der Waals surface area contributed by atoms with Gasteiger partial charge in [-0.3, -0.25) is 9.59 Å². The summed E-state index contributed by atoms with van der Waals surface area (Å²) in [7, 11) is 0. The second-order valence-corrected chi connectivity index (χ2v) is 5.16. The molecule has 5 heteroatoms. The molecule has 18 heavy (non-hydrogen) atoms. The van der Waals surface area contributed by atoms with Gasteiger partial charge in [-0.25, -0.2) is 0 Å². The van der Waals surface area contributed by atoms with Crippen molar-refractivity contribution in [2.45, 2.75) is 46.1 Å². The second kappa shape index (κ2) is 5.26. The van der Waals surface area contributed by atoms with E-state index in [0.29, 0.717) is 0 Å². The van der Waals surface area contributed by atoms with Crippen molar-refractivity contribution in [2.75, 3.05) is 13.2 Å². The molecule has 1 rings (SSSR count). The molecule has 0 aromatic rings. The Kier molecular flexibility index (Phi) is 4.37. The molecule has 1 saturated carbocycles. The van der Waals surface area contributed by atoms with Crippen molar-refractivity contribution in [3.05, 3.63) is 0 Å². The van der Waals surface area contributed by atoms with Gasteiger partial charge in [0.25, 0.3) is 0 Å². The first-order valence-electron chi connectivity index (χ1n) is 6.37. The van der Waals surface area contributed by atoms with Crippen molar-refractivity contribution >= 4 is 11.9 Å². The molecule has 0 unspecified atom stereocenters. The number of rotatable bonds is 4. The molecule has 0 radical (unpaired) electrons. The molecule has 0 aromatic heterocycles. The van der Waals surface area contributed by atoms with Crippen LogP contribution in [0.3, 0.4) is 0 Å². The zero-order chi connectivity index (χ0) is 14.0. The summed E-state index contributed by atoms with van der Waals surface area (Å²) < 4.78 is 9.97. The Morgan fingerprint density at radius 1 is 1.22 bits per heavy atom. The molecule has 1 N–H and O–H groups in total. The number of carbonyl (C=O) groups is 2. The summed E-state index contributed by atoms with van der Waals surface area (Å²) in [6.45, 7) is 7.24. The monoisotopic (exact) mass is 258 g/mol. The molecule has 0 heterocycles. The Balaban J connectivity index is 3.05. The molecule has 0 spiro atoms. The maximum atomic E-state index is 12.1. The average Bonchev–Trinajstić information content (AvgIpc) is 2.52. The summed E-state index contributed by atoms with van der Waals surface area (Å²) >= 11 is 0. The lowest BCUT2D eigenvalue weighted by atomic mass is 9.84. The third-order valence-electron chi connectivity index (χ3n) is 3.71. The van der Waals surface area contributed by atoms with E-state index in [-0.39, 0.29) is 32.0 Å². The van der Waals surface area contributed by atoms with Crippen LogP contribution in [0.4, 0.5) is 0 Å². The summed E-state index contributed by atoms with van der Waals surface area (Å²) in [5, 5.41) is 10.2. The van der Waals surface area contributed by atoms with E-state index in [9.17, 15) is 14.7 Å². The van der Waals surface area contributed by atoms with Gasteiger partial charge in [-0.15, -0.1) is 0 Å². The van der Waals surface area contributed by atoms with Crippen LogP contribution in [-0.2, 0) is 19.1 Å². The lowest BCUT2D eigenvalue weighted by Crippen LogP contribution is -2.41. The molecule has 2 atom stereocenters. The third kappa shape index (κ3) is 2.51. The van der Waals surface area contributed by atoms with Crippen LogP contribution in [0.25, 0.3) is 0 Å². The largest absolute Gasteiger partial charge is 0.465 e. The molecule has 1 aliphatic rings. The van der Waals surface area contributed by atoms with Gasteiger partial charge in [-0.1, -0.05) is 6.92 Å². The van der Waals surface area contributed by atoms with Crippen molar-refractivity contribution in [1.82, 2.24) is 0 Å². The van der Waals surface area contributed by atoms with Crippen molar-refractivity contribution in [1.29, 1.82) is 0 Å². The number of aliphatic hydroxyl groups is 1.